The molecule has 0 spiro atoms. The first-order valence-electron chi connectivity index (χ1n) is 9.18. The second kappa shape index (κ2) is 7.76. The molecule has 2 aliphatic rings. The third-order valence-corrected chi connectivity index (χ3v) is 6.11. The van der Waals surface area contributed by atoms with Crippen molar-refractivity contribution in [2.45, 2.75) is 50.0 Å². The highest BCUT2D eigenvalue weighted by Crippen LogP contribution is 2.47. The molecular formula is C21H27ClN2O. The predicted molar refractivity (Wildman–Crippen MR) is 103 cm³/mol. The van der Waals surface area contributed by atoms with Gasteiger partial charge in [0.05, 0.1) is 0 Å². The zero-order valence-electron chi connectivity index (χ0n) is 14.6. The van der Waals surface area contributed by atoms with Crippen LogP contribution in [0.3, 0.4) is 0 Å². The summed E-state index contributed by atoms with van der Waals surface area (Å²) < 4.78 is 0. The van der Waals surface area contributed by atoms with Crippen LogP contribution >= 0.6 is 12.4 Å². The summed E-state index contributed by atoms with van der Waals surface area (Å²) in [5.74, 6) is 0.407. The molecule has 3 nitrogen and oxygen atoms in total. The van der Waals surface area contributed by atoms with Crippen molar-refractivity contribution in [1.82, 2.24) is 9.88 Å². The first-order chi connectivity index (χ1) is 11.8. The third kappa shape index (κ3) is 3.83. The van der Waals surface area contributed by atoms with E-state index in [1.54, 1.807) is 6.07 Å². The molecule has 0 unspecified atom stereocenters. The molecule has 2 fully saturated rings. The second-order valence-corrected chi connectivity index (χ2v) is 7.47. The van der Waals surface area contributed by atoms with E-state index < -0.39 is 0 Å². The number of rotatable bonds is 4. The van der Waals surface area contributed by atoms with Crippen LogP contribution < -0.4 is 0 Å². The number of phenolic OH excluding ortho intramolecular Hbond substituents is 1. The van der Waals surface area contributed by atoms with Gasteiger partial charge in [-0.1, -0.05) is 18.6 Å². The van der Waals surface area contributed by atoms with Crippen LogP contribution in [0, 0.1) is 0 Å². The van der Waals surface area contributed by atoms with Crippen LogP contribution in [0.1, 0.15) is 43.2 Å². The number of piperidine rings is 1. The van der Waals surface area contributed by atoms with Gasteiger partial charge in [0, 0.05) is 25.0 Å². The summed E-state index contributed by atoms with van der Waals surface area (Å²) in [6.07, 6.45) is 11.2. The Morgan fingerprint density at radius 2 is 2.00 bits per heavy atom. The lowest BCUT2D eigenvalue weighted by molar-refractivity contribution is 0.0524. The summed E-state index contributed by atoms with van der Waals surface area (Å²) in [7, 11) is 0. The molecular weight excluding hydrogens is 332 g/mol. The highest BCUT2D eigenvalue weighted by Gasteiger charge is 2.43. The van der Waals surface area contributed by atoms with Gasteiger partial charge in [0.1, 0.15) is 5.75 Å². The standard InChI is InChI=1S/C21H26N2O.ClH/c24-20-5-1-3-18(15-20)21-9-2-4-19(16-21)23(14-10-21)13-8-17-6-11-22-12-7-17;/h1,3,5-7,11-12,15,19,24H,2,4,8-10,13-14,16H2;1H/t19-,21+;/m0./s1. The van der Waals surface area contributed by atoms with E-state index in [4.69, 9.17) is 0 Å². The summed E-state index contributed by atoms with van der Waals surface area (Å²) >= 11 is 0. The van der Waals surface area contributed by atoms with Crippen LogP contribution in [-0.2, 0) is 11.8 Å². The van der Waals surface area contributed by atoms with E-state index in [0.717, 1.165) is 13.0 Å². The fourth-order valence-corrected chi connectivity index (χ4v) is 4.77. The normalized spacial score (nSPS) is 26.0. The molecule has 2 atom stereocenters. The quantitative estimate of drug-likeness (QED) is 0.883. The van der Waals surface area contributed by atoms with Crippen LogP contribution in [0.25, 0.3) is 0 Å². The lowest BCUT2D eigenvalue weighted by Gasteiger charge is -2.51. The molecule has 1 aromatic heterocycles. The minimum atomic E-state index is 0. The van der Waals surface area contributed by atoms with Gasteiger partial charge in [-0.15, -0.1) is 12.4 Å². The molecule has 2 heterocycles. The highest BCUT2D eigenvalue weighted by atomic mass is 35.5. The van der Waals surface area contributed by atoms with Gasteiger partial charge in [0.25, 0.3) is 0 Å². The van der Waals surface area contributed by atoms with E-state index in [0.29, 0.717) is 11.8 Å². The van der Waals surface area contributed by atoms with Crippen LogP contribution in [0.5, 0.6) is 5.75 Å². The number of hydrogen-bond donors (Lipinski definition) is 1. The molecule has 1 aliphatic heterocycles. The van der Waals surface area contributed by atoms with Crippen molar-refractivity contribution in [2.24, 2.45) is 0 Å². The third-order valence-electron chi connectivity index (χ3n) is 6.11. The van der Waals surface area contributed by atoms with Gasteiger partial charge in [-0.2, -0.15) is 0 Å². The Morgan fingerprint density at radius 3 is 2.80 bits per heavy atom. The monoisotopic (exact) mass is 358 g/mol. The van der Waals surface area contributed by atoms with Crippen molar-refractivity contribution in [3.63, 3.8) is 0 Å². The SMILES string of the molecule is Cl.Oc1cccc([C@@]23CCC[C@@H](C2)N(CCc2ccncc2)CC3)c1. The number of fused-ring (bicyclic) bond motifs is 2. The number of phenols is 1. The molecule has 134 valence electrons. The van der Waals surface area contributed by atoms with Gasteiger partial charge < -0.3 is 5.11 Å². The van der Waals surface area contributed by atoms with Gasteiger partial charge >= 0.3 is 0 Å². The molecule has 4 heteroatoms. The summed E-state index contributed by atoms with van der Waals surface area (Å²) in [5.41, 5.74) is 3.01. The van der Waals surface area contributed by atoms with Gasteiger partial charge in [-0.25, -0.2) is 0 Å². The molecule has 4 rings (SSSR count). The molecule has 0 radical (unpaired) electrons. The zero-order valence-corrected chi connectivity index (χ0v) is 15.4. The van der Waals surface area contributed by atoms with Crippen LogP contribution in [-0.4, -0.2) is 34.1 Å². The molecule has 25 heavy (non-hydrogen) atoms. The Labute approximate surface area is 156 Å². The highest BCUT2D eigenvalue weighted by molar-refractivity contribution is 5.85. The zero-order chi connectivity index (χ0) is 16.4. The Morgan fingerprint density at radius 1 is 1.16 bits per heavy atom. The number of halogens is 1. The first kappa shape index (κ1) is 18.2. The number of likely N-dealkylation sites (tertiary alicyclic amines) is 1. The Hall–Kier alpha value is -1.58. The average molecular weight is 359 g/mol. The van der Waals surface area contributed by atoms with Gasteiger partial charge in [0.15, 0.2) is 0 Å². The number of pyridine rings is 1. The second-order valence-electron chi connectivity index (χ2n) is 7.47. The Kier molecular flexibility index (Phi) is 5.65. The van der Waals surface area contributed by atoms with Crippen molar-refractivity contribution < 1.29 is 5.11 Å². The summed E-state index contributed by atoms with van der Waals surface area (Å²) in [4.78, 5) is 6.80. The van der Waals surface area contributed by atoms with Crippen molar-refractivity contribution in [1.29, 1.82) is 0 Å². The Balaban J connectivity index is 0.00000182. The van der Waals surface area contributed by atoms with E-state index >= 15 is 0 Å². The minimum Gasteiger partial charge on any atom is -0.508 e. The molecule has 2 aromatic rings. The maximum Gasteiger partial charge on any atom is 0.115 e. The number of nitrogens with zero attached hydrogens (tertiary/aromatic N) is 2. The van der Waals surface area contributed by atoms with Crippen molar-refractivity contribution >= 4 is 12.4 Å². The van der Waals surface area contributed by atoms with Crippen LogP contribution in [0.15, 0.2) is 48.8 Å². The Bertz CT molecular complexity index is 693. The van der Waals surface area contributed by atoms with E-state index in [9.17, 15) is 5.11 Å². The maximum absolute atomic E-state index is 9.88. The summed E-state index contributed by atoms with van der Waals surface area (Å²) in [6, 6.07) is 12.9. The van der Waals surface area contributed by atoms with E-state index in [-0.39, 0.29) is 17.8 Å². The number of hydrogen-bond acceptors (Lipinski definition) is 3. The maximum atomic E-state index is 9.88. The molecule has 1 saturated carbocycles. The van der Waals surface area contributed by atoms with Crippen LogP contribution in [0.4, 0.5) is 0 Å². The van der Waals surface area contributed by atoms with Gasteiger partial charge in [-0.3, -0.25) is 9.88 Å². The van der Waals surface area contributed by atoms with E-state index in [1.807, 2.05) is 24.5 Å². The van der Waals surface area contributed by atoms with E-state index in [2.05, 4.69) is 28.1 Å². The predicted octanol–water partition coefficient (Wildman–Crippen LogP) is 4.34. The average Bonchev–Trinajstić information content (AvgIpc) is 2.62. The van der Waals surface area contributed by atoms with E-state index in [1.165, 1.54) is 49.8 Å². The molecule has 2 bridgehead atoms. The molecule has 1 saturated heterocycles. The minimum absolute atomic E-state index is 0. The largest absolute Gasteiger partial charge is 0.508 e. The first-order valence-corrected chi connectivity index (χ1v) is 9.18. The number of aromatic hydroxyl groups is 1. The van der Waals surface area contributed by atoms with Gasteiger partial charge in [-0.05, 0) is 79.5 Å². The smallest absolute Gasteiger partial charge is 0.115 e. The van der Waals surface area contributed by atoms with Gasteiger partial charge in [0.2, 0.25) is 0 Å². The lowest BCUT2D eigenvalue weighted by atomic mass is 9.63. The lowest BCUT2D eigenvalue weighted by Crippen LogP contribution is -2.52. The fraction of sp³-hybridized carbons (Fsp3) is 0.476. The fourth-order valence-electron chi connectivity index (χ4n) is 4.77. The molecule has 1 N–H and O–H groups in total. The van der Waals surface area contributed by atoms with Crippen molar-refractivity contribution in [3.8, 4) is 5.75 Å². The molecule has 1 aliphatic carbocycles. The van der Waals surface area contributed by atoms with Crippen molar-refractivity contribution in [2.75, 3.05) is 13.1 Å². The summed E-state index contributed by atoms with van der Waals surface area (Å²) in [6.45, 7) is 2.32. The number of aromatic nitrogens is 1. The molecule has 0 amide bonds. The topological polar surface area (TPSA) is 36.4 Å². The van der Waals surface area contributed by atoms with Crippen molar-refractivity contribution in [3.05, 3.63) is 59.9 Å². The summed E-state index contributed by atoms with van der Waals surface area (Å²) in [5, 5.41) is 9.88. The van der Waals surface area contributed by atoms with Crippen LogP contribution in [0.2, 0.25) is 0 Å². The molecule has 1 aromatic carbocycles. The number of benzene rings is 1.